The van der Waals surface area contributed by atoms with Crippen molar-refractivity contribution in [2.24, 2.45) is 0 Å². The van der Waals surface area contributed by atoms with Gasteiger partial charge in [-0.05, 0) is 57.6 Å². The molecule has 1 aliphatic rings. The van der Waals surface area contributed by atoms with Gasteiger partial charge in [0.15, 0.2) is 0 Å². The van der Waals surface area contributed by atoms with Crippen LogP contribution in [0, 0.1) is 6.92 Å². The van der Waals surface area contributed by atoms with E-state index in [0.717, 1.165) is 31.4 Å². The van der Waals surface area contributed by atoms with Crippen LogP contribution in [0.4, 0.5) is 4.79 Å². The molecule has 0 saturated carbocycles. The second kappa shape index (κ2) is 8.18. The zero-order valence-corrected chi connectivity index (χ0v) is 13.9. The average Bonchev–Trinajstić information content (AvgIpc) is 2.98. The molecule has 4 heteroatoms. The molecule has 1 aliphatic heterocycles. The van der Waals surface area contributed by atoms with Crippen LogP contribution < -0.4 is 10.6 Å². The minimum atomic E-state index is -0.101. The number of carbonyl (C=O) groups is 1. The number of benzene rings is 1. The standard InChI is InChI=1S/C18H28N2O2/c1-13-7-4-5-9-17(13)15(3)20-18(21)19-14(2)10-11-16-8-6-12-22-16/h4-5,7,9,14-16H,6,8,10-12H2,1-3H3,(H2,19,20,21). The molecule has 2 N–H and O–H groups in total. The van der Waals surface area contributed by atoms with Gasteiger partial charge in [-0.2, -0.15) is 0 Å². The van der Waals surface area contributed by atoms with Gasteiger partial charge in [-0.1, -0.05) is 24.3 Å². The van der Waals surface area contributed by atoms with Crippen LogP contribution in [-0.2, 0) is 4.74 Å². The predicted octanol–water partition coefficient (Wildman–Crippen LogP) is 3.70. The predicted molar refractivity (Wildman–Crippen MR) is 88.9 cm³/mol. The van der Waals surface area contributed by atoms with Crippen LogP contribution in [0.1, 0.15) is 56.7 Å². The number of hydrogen-bond donors (Lipinski definition) is 2. The second-order valence-electron chi connectivity index (χ2n) is 6.31. The van der Waals surface area contributed by atoms with Gasteiger partial charge in [0, 0.05) is 12.6 Å². The van der Waals surface area contributed by atoms with Gasteiger partial charge in [0.25, 0.3) is 0 Å². The Labute approximate surface area is 133 Å². The number of ether oxygens (including phenoxy) is 1. The van der Waals surface area contributed by atoms with Crippen molar-refractivity contribution in [1.29, 1.82) is 0 Å². The summed E-state index contributed by atoms with van der Waals surface area (Å²) in [6.07, 6.45) is 4.69. The molecule has 3 unspecified atom stereocenters. The van der Waals surface area contributed by atoms with Crippen LogP contribution in [0.3, 0.4) is 0 Å². The molecule has 0 radical (unpaired) electrons. The Morgan fingerprint density at radius 3 is 2.77 bits per heavy atom. The molecule has 1 aromatic carbocycles. The number of hydrogen-bond acceptors (Lipinski definition) is 2. The topological polar surface area (TPSA) is 50.4 Å². The lowest BCUT2D eigenvalue weighted by Crippen LogP contribution is -2.42. The van der Waals surface area contributed by atoms with E-state index in [1.807, 2.05) is 26.0 Å². The summed E-state index contributed by atoms with van der Waals surface area (Å²) in [6.45, 7) is 7.02. The van der Waals surface area contributed by atoms with Crippen LogP contribution in [0.25, 0.3) is 0 Å². The first-order valence-electron chi connectivity index (χ1n) is 8.30. The molecule has 2 rings (SSSR count). The van der Waals surface area contributed by atoms with Gasteiger partial charge in [-0.3, -0.25) is 0 Å². The van der Waals surface area contributed by atoms with Gasteiger partial charge >= 0.3 is 6.03 Å². The summed E-state index contributed by atoms with van der Waals surface area (Å²) in [7, 11) is 0. The largest absolute Gasteiger partial charge is 0.378 e. The van der Waals surface area contributed by atoms with Gasteiger partial charge in [0.2, 0.25) is 0 Å². The number of nitrogens with one attached hydrogen (secondary N) is 2. The lowest BCUT2D eigenvalue weighted by atomic mass is 10.0. The molecule has 1 aromatic rings. The Bertz CT molecular complexity index is 484. The SMILES string of the molecule is Cc1ccccc1C(C)NC(=O)NC(C)CCC1CCCO1. The lowest BCUT2D eigenvalue weighted by molar-refractivity contribution is 0.100. The van der Waals surface area contributed by atoms with E-state index in [1.54, 1.807) is 0 Å². The maximum atomic E-state index is 12.1. The Morgan fingerprint density at radius 1 is 1.32 bits per heavy atom. The molecule has 0 bridgehead atoms. The van der Waals surface area contributed by atoms with Crippen molar-refractivity contribution in [2.75, 3.05) is 6.61 Å². The maximum absolute atomic E-state index is 12.1. The van der Waals surface area contributed by atoms with E-state index < -0.39 is 0 Å². The summed E-state index contributed by atoms with van der Waals surface area (Å²) < 4.78 is 5.62. The molecule has 1 heterocycles. The third-order valence-corrected chi connectivity index (χ3v) is 4.33. The summed E-state index contributed by atoms with van der Waals surface area (Å²) >= 11 is 0. The summed E-state index contributed by atoms with van der Waals surface area (Å²) in [6, 6.07) is 8.20. The first-order chi connectivity index (χ1) is 10.6. The quantitative estimate of drug-likeness (QED) is 0.842. The van der Waals surface area contributed by atoms with E-state index in [9.17, 15) is 4.79 Å². The van der Waals surface area contributed by atoms with Gasteiger partial charge in [0.05, 0.1) is 12.1 Å². The molecule has 22 heavy (non-hydrogen) atoms. The fourth-order valence-electron chi connectivity index (χ4n) is 2.99. The molecule has 2 amide bonds. The Kier molecular flexibility index (Phi) is 6.25. The number of amides is 2. The zero-order chi connectivity index (χ0) is 15.9. The van der Waals surface area contributed by atoms with E-state index in [-0.39, 0.29) is 18.1 Å². The Hall–Kier alpha value is -1.55. The van der Waals surface area contributed by atoms with E-state index in [0.29, 0.717) is 6.10 Å². The highest BCUT2D eigenvalue weighted by atomic mass is 16.5. The van der Waals surface area contributed by atoms with Gasteiger partial charge in [-0.15, -0.1) is 0 Å². The highest BCUT2D eigenvalue weighted by molar-refractivity contribution is 5.74. The molecular weight excluding hydrogens is 276 g/mol. The molecule has 0 aliphatic carbocycles. The van der Waals surface area contributed by atoms with Crippen molar-refractivity contribution in [2.45, 2.75) is 64.6 Å². The van der Waals surface area contributed by atoms with Gasteiger partial charge in [0.1, 0.15) is 0 Å². The van der Waals surface area contributed by atoms with E-state index >= 15 is 0 Å². The molecule has 1 fully saturated rings. The maximum Gasteiger partial charge on any atom is 0.315 e. The van der Waals surface area contributed by atoms with Crippen molar-refractivity contribution in [1.82, 2.24) is 10.6 Å². The monoisotopic (exact) mass is 304 g/mol. The third kappa shape index (κ3) is 5.02. The molecule has 1 saturated heterocycles. The minimum absolute atomic E-state index is 0.00608. The second-order valence-corrected chi connectivity index (χ2v) is 6.31. The number of urea groups is 1. The lowest BCUT2D eigenvalue weighted by Gasteiger charge is -2.20. The Balaban J connectivity index is 1.73. The van der Waals surface area contributed by atoms with Gasteiger partial charge < -0.3 is 15.4 Å². The summed E-state index contributed by atoms with van der Waals surface area (Å²) in [5.41, 5.74) is 2.35. The van der Waals surface area contributed by atoms with Crippen LogP contribution >= 0.6 is 0 Å². The molecule has 3 atom stereocenters. The number of aryl methyl sites for hydroxylation is 1. The first kappa shape index (κ1) is 16.8. The summed E-state index contributed by atoms with van der Waals surface area (Å²) in [4.78, 5) is 12.1. The van der Waals surface area contributed by atoms with Crippen LogP contribution in [0.15, 0.2) is 24.3 Å². The van der Waals surface area contributed by atoms with E-state index in [1.165, 1.54) is 12.0 Å². The number of rotatable bonds is 6. The fraction of sp³-hybridized carbons (Fsp3) is 0.611. The fourth-order valence-corrected chi connectivity index (χ4v) is 2.99. The van der Waals surface area contributed by atoms with Crippen molar-refractivity contribution < 1.29 is 9.53 Å². The van der Waals surface area contributed by atoms with Crippen LogP contribution in [0.5, 0.6) is 0 Å². The average molecular weight is 304 g/mol. The normalized spacial score (nSPS) is 20.4. The van der Waals surface area contributed by atoms with Crippen LogP contribution in [-0.4, -0.2) is 24.8 Å². The van der Waals surface area contributed by atoms with Crippen molar-refractivity contribution in [3.05, 3.63) is 35.4 Å². The highest BCUT2D eigenvalue weighted by Gasteiger charge is 2.17. The molecule has 4 nitrogen and oxygen atoms in total. The third-order valence-electron chi connectivity index (χ3n) is 4.33. The van der Waals surface area contributed by atoms with Crippen molar-refractivity contribution in [3.8, 4) is 0 Å². The van der Waals surface area contributed by atoms with E-state index in [2.05, 4.69) is 29.7 Å². The summed E-state index contributed by atoms with van der Waals surface area (Å²) in [5, 5.41) is 6.03. The Morgan fingerprint density at radius 2 is 2.09 bits per heavy atom. The zero-order valence-electron chi connectivity index (χ0n) is 13.9. The number of carbonyl (C=O) groups excluding carboxylic acids is 1. The van der Waals surface area contributed by atoms with Gasteiger partial charge in [-0.25, -0.2) is 4.79 Å². The van der Waals surface area contributed by atoms with Crippen LogP contribution in [0.2, 0.25) is 0 Å². The minimum Gasteiger partial charge on any atom is -0.378 e. The molecule has 122 valence electrons. The smallest absolute Gasteiger partial charge is 0.315 e. The molecular formula is C18H28N2O2. The highest BCUT2D eigenvalue weighted by Crippen LogP contribution is 2.18. The van der Waals surface area contributed by atoms with E-state index in [4.69, 9.17) is 4.74 Å². The van der Waals surface area contributed by atoms with Crippen molar-refractivity contribution >= 4 is 6.03 Å². The first-order valence-corrected chi connectivity index (χ1v) is 8.30. The molecule has 0 aromatic heterocycles. The van der Waals surface area contributed by atoms with Crippen molar-refractivity contribution in [3.63, 3.8) is 0 Å². The summed E-state index contributed by atoms with van der Waals surface area (Å²) in [5.74, 6) is 0. The molecule has 0 spiro atoms.